The Morgan fingerprint density at radius 1 is 0.861 bits per heavy atom. The van der Waals surface area contributed by atoms with Crippen molar-refractivity contribution in [2.45, 2.75) is 18.6 Å². The lowest BCUT2D eigenvalue weighted by molar-refractivity contribution is -0.161. The van der Waals surface area contributed by atoms with Crippen LogP contribution < -0.4 is 10.6 Å². The van der Waals surface area contributed by atoms with Gasteiger partial charge in [-0.05, 0) is 23.6 Å². The average Bonchev–Trinajstić information content (AvgIpc) is 2.92. The molecule has 1 aliphatic rings. The topological polar surface area (TPSA) is 114 Å². The van der Waals surface area contributed by atoms with E-state index < -0.39 is 36.2 Å². The summed E-state index contributed by atoms with van der Waals surface area (Å²) in [6.07, 6.45) is 0. The van der Waals surface area contributed by atoms with Gasteiger partial charge >= 0.3 is 18.0 Å². The number of urea groups is 1. The van der Waals surface area contributed by atoms with Crippen LogP contribution in [-0.4, -0.2) is 36.3 Å². The predicted molar refractivity (Wildman–Crippen MR) is 131 cm³/mol. The van der Waals surface area contributed by atoms with Crippen LogP contribution in [0.4, 0.5) is 4.79 Å². The summed E-state index contributed by atoms with van der Waals surface area (Å²) in [6.45, 7) is 1.32. The highest BCUT2D eigenvalue weighted by Gasteiger charge is 2.42. The monoisotopic (exact) mass is 486 g/mol. The Morgan fingerprint density at radius 3 is 1.92 bits per heavy atom. The average molecular weight is 487 g/mol. The molecule has 4 rings (SSSR count). The van der Waals surface area contributed by atoms with Gasteiger partial charge < -0.3 is 25.2 Å². The number of nitrogens with one attached hydrogen (secondary N) is 2. The highest BCUT2D eigenvalue weighted by atomic mass is 16.6. The Kier molecular flexibility index (Phi) is 7.46. The fourth-order valence-electron chi connectivity index (χ4n) is 4.08. The largest absolute Gasteiger partial charge is 0.463 e. The van der Waals surface area contributed by atoms with E-state index in [2.05, 4.69) is 10.6 Å². The van der Waals surface area contributed by atoms with Crippen molar-refractivity contribution >= 4 is 18.0 Å². The van der Waals surface area contributed by atoms with E-state index in [9.17, 15) is 19.5 Å². The molecule has 0 unspecified atom stereocenters. The van der Waals surface area contributed by atoms with Crippen LogP contribution in [0.3, 0.4) is 0 Å². The third kappa shape index (κ3) is 4.99. The highest BCUT2D eigenvalue weighted by molar-refractivity contribution is 5.95. The lowest BCUT2D eigenvalue weighted by Gasteiger charge is -2.30. The van der Waals surface area contributed by atoms with Crippen LogP contribution in [0.15, 0.2) is 102 Å². The van der Waals surface area contributed by atoms with Gasteiger partial charge in [0.1, 0.15) is 6.61 Å². The molecule has 8 nitrogen and oxygen atoms in total. The summed E-state index contributed by atoms with van der Waals surface area (Å²) in [5, 5.41) is 16.9. The van der Waals surface area contributed by atoms with Crippen LogP contribution >= 0.6 is 0 Å². The Balaban J connectivity index is 1.70. The van der Waals surface area contributed by atoms with E-state index in [1.54, 1.807) is 91.9 Å². The molecule has 3 aromatic carbocycles. The molecular formula is C28H26N2O6. The van der Waals surface area contributed by atoms with Crippen molar-refractivity contribution in [1.82, 2.24) is 10.6 Å². The van der Waals surface area contributed by atoms with Gasteiger partial charge in [0.2, 0.25) is 5.60 Å². The predicted octanol–water partition coefficient (Wildman–Crippen LogP) is 3.34. The molecule has 3 aromatic rings. The van der Waals surface area contributed by atoms with E-state index in [0.29, 0.717) is 16.7 Å². The number of rotatable bonds is 8. The van der Waals surface area contributed by atoms with Gasteiger partial charge in [0.15, 0.2) is 0 Å². The lowest BCUT2D eigenvalue weighted by Crippen LogP contribution is -2.47. The number of benzene rings is 3. The van der Waals surface area contributed by atoms with Crippen molar-refractivity contribution in [3.63, 3.8) is 0 Å². The number of carbonyl (C=O) groups is 3. The summed E-state index contributed by atoms with van der Waals surface area (Å²) >= 11 is 0. The minimum Gasteiger partial charge on any atom is -0.463 e. The molecule has 2 amide bonds. The van der Waals surface area contributed by atoms with Crippen LogP contribution in [0.2, 0.25) is 0 Å². The van der Waals surface area contributed by atoms with Gasteiger partial charge in [-0.1, -0.05) is 91.0 Å². The molecule has 36 heavy (non-hydrogen) atoms. The van der Waals surface area contributed by atoms with E-state index in [0.717, 1.165) is 0 Å². The van der Waals surface area contributed by atoms with Crippen molar-refractivity contribution in [2.24, 2.45) is 0 Å². The quantitative estimate of drug-likeness (QED) is 0.421. The summed E-state index contributed by atoms with van der Waals surface area (Å²) in [7, 11) is 0. The van der Waals surface area contributed by atoms with Gasteiger partial charge in [-0.3, -0.25) is 0 Å². The van der Waals surface area contributed by atoms with Gasteiger partial charge in [0.25, 0.3) is 0 Å². The third-order valence-electron chi connectivity index (χ3n) is 5.81. The maximum atomic E-state index is 13.4. The van der Waals surface area contributed by atoms with Crippen LogP contribution in [0, 0.1) is 0 Å². The molecule has 0 aromatic heterocycles. The lowest BCUT2D eigenvalue weighted by atomic mass is 9.86. The molecular weight excluding hydrogens is 460 g/mol. The normalized spacial score (nSPS) is 15.5. The van der Waals surface area contributed by atoms with Crippen molar-refractivity contribution in [2.75, 3.05) is 13.2 Å². The van der Waals surface area contributed by atoms with Crippen molar-refractivity contribution < 1.29 is 29.0 Å². The summed E-state index contributed by atoms with van der Waals surface area (Å²) < 4.78 is 10.8. The maximum absolute atomic E-state index is 13.4. The van der Waals surface area contributed by atoms with E-state index in [1.165, 1.54) is 0 Å². The van der Waals surface area contributed by atoms with E-state index in [-0.39, 0.29) is 17.9 Å². The zero-order valence-corrected chi connectivity index (χ0v) is 19.6. The van der Waals surface area contributed by atoms with E-state index >= 15 is 0 Å². The molecule has 0 radical (unpaired) electrons. The molecule has 0 fully saturated rings. The van der Waals surface area contributed by atoms with Crippen LogP contribution in [0.1, 0.15) is 29.7 Å². The second-order valence-electron chi connectivity index (χ2n) is 8.07. The fourth-order valence-corrected chi connectivity index (χ4v) is 4.08. The molecule has 184 valence electrons. The Morgan fingerprint density at radius 2 is 1.39 bits per heavy atom. The summed E-state index contributed by atoms with van der Waals surface area (Å²) in [5.41, 5.74) is -0.636. The first-order chi connectivity index (χ1) is 17.4. The van der Waals surface area contributed by atoms with Crippen LogP contribution in [0.5, 0.6) is 0 Å². The summed E-state index contributed by atoms with van der Waals surface area (Å²) in [4.78, 5) is 38.8. The number of ether oxygens (including phenoxy) is 2. The Bertz CT molecular complexity index is 1220. The van der Waals surface area contributed by atoms with Crippen molar-refractivity contribution in [3.05, 3.63) is 119 Å². The zero-order chi connectivity index (χ0) is 25.5. The third-order valence-corrected chi connectivity index (χ3v) is 5.81. The first-order valence-electron chi connectivity index (χ1n) is 11.5. The van der Waals surface area contributed by atoms with Gasteiger partial charge in [-0.25, -0.2) is 14.4 Å². The number of hydrogen-bond acceptors (Lipinski definition) is 6. The van der Waals surface area contributed by atoms with Gasteiger partial charge in [0, 0.05) is 0 Å². The molecule has 0 spiro atoms. The van der Waals surface area contributed by atoms with E-state index in [1.807, 2.05) is 6.07 Å². The first kappa shape index (κ1) is 24.7. The summed E-state index contributed by atoms with van der Waals surface area (Å²) in [5.74, 6) is -1.62. The molecule has 0 saturated carbocycles. The molecule has 8 heteroatoms. The molecule has 0 bridgehead atoms. The number of esters is 2. The Hall–Kier alpha value is -4.43. The second-order valence-corrected chi connectivity index (χ2v) is 8.07. The van der Waals surface area contributed by atoms with Gasteiger partial charge in [0.05, 0.1) is 23.9 Å². The fraction of sp³-hybridized carbons (Fsp3) is 0.179. The molecule has 0 saturated heterocycles. The number of amides is 2. The minimum atomic E-state index is -2.11. The standard InChI is InChI=1S/C28H26N2O6/c1-2-35-25(31)23-22(29-27(33)30-24(23)19-12-6-3-7-13-19)18-36-26(32)28(34,20-14-8-4-9-15-20)21-16-10-5-11-17-21/h3-17,24,34H,2,18H2,1H3,(H2,29,30,33)/t24-/m1/s1. The van der Waals surface area contributed by atoms with Gasteiger partial charge in [-0.15, -0.1) is 0 Å². The molecule has 3 N–H and O–H groups in total. The number of carbonyl (C=O) groups excluding carboxylic acids is 3. The van der Waals surface area contributed by atoms with E-state index in [4.69, 9.17) is 9.47 Å². The second kappa shape index (κ2) is 10.9. The molecule has 0 aliphatic carbocycles. The first-order valence-corrected chi connectivity index (χ1v) is 11.5. The molecule has 1 aliphatic heterocycles. The summed E-state index contributed by atoms with van der Waals surface area (Å²) in [6, 6.07) is 24.4. The van der Waals surface area contributed by atoms with Crippen molar-refractivity contribution in [3.8, 4) is 0 Å². The maximum Gasteiger partial charge on any atom is 0.348 e. The van der Waals surface area contributed by atoms with Crippen molar-refractivity contribution in [1.29, 1.82) is 0 Å². The number of aliphatic hydroxyl groups is 1. The smallest absolute Gasteiger partial charge is 0.348 e. The van der Waals surface area contributed by atoms with Crippen LogP contribution in [0.25, 0.3) is 0 Å². The van der Waals surface area contributed by atoms with Gasteiger partial charge in [-0.2, -0.15) is 0 Å². The highest BCUT2D eigenvalue weighted by Crippen LogP contribution is 2.32. The zero-order valence-electron chi connectivity index (χ0n) is 19.6. The SMILES string of the molecule is CCOC(=O)C1=C(COC(=O)C(O)(c2ccccc2)c2ccccc2)NC(=O)N[C@@H]1c1ccccc1. The van der Waals surface area contributed by atoms with Crippen LogP contribution in [-0.2, 0) is 24.7 Å². The number of hydrogen-bond donors (Lipinski definition) is 3. The minimum absolute atomic E-state index is 0.0721. The molecule has 1 heterocycles. The molecule has 1 atom stereocenters. The Labute approximate surface area is 208 Å².